The molecule has 8 heteroatoms. The minimum atomic E-state index is -0.252. The van der Waals surface area contributed by atoms with Crippen LogP contribution in [0.25, 0.3) is 0 Å². The van der Waals surface area contributed by atoms with Crippen molar-refractivity contribution < 1.29 is 28.5 Å². The summed E-state index contributed by atoms with van der Waals surface area (Å²) in [5, 5.41) is 0. The second-order valence-electron chi connectivity index (χ2n) is 8.15. The minimum Gasteiger partial charge on any atom is -0.496 e. The molecule has 0 amide bonds. The molecule has 0 unspecified atom stereocenters. The number of benzene rings is 1. The Balaban J connectivity index is 1.86. The summed E-state index contributed by atoms with van der Waals surface area (Å²) in [6.07, 6.45) is 3.91. The summed E-state index contributed by atoms with van der Waals surface area (Å²) in [5.74, 6) is 2.27. The molecule has 33 heavy (non-hydrogen) atoms. The molecule has 2 aromatic rings. The van der Waals surface area contributed by atoms with Crippen LogP contribution in [0.1, 0.15) is 55.7 Å². The second kappa shape index (κ2) is 9.68. The predicted molar refractivity (Wildman–Crippen MR) is 123 cm³/mol. The summed E-state index contributed by atoms with van der Waals surface area (Å²) in [6.45, 7) is 3.93. The molecule has 1 aromatic heterocycles. The number of hydrogen-bond acceptors (Lipinski definition) is 8. The van der Waals surface area contributed by atoms with Crippen molar-refractivity contribution in [2.24, 2.45) is 4.99 Å². The van der Waals surface area contributed by atoms with Gasteiger partial charge in [0, 0.05) is 30.7 Å². The fourth-order valence-corrected chi connectivity index (χ4v) is 4.79. The molecule has 0 N–H and O–H groups in total. The van der Waals surface area contributed by atoms with Crippen LogP contribution in [0.3, 0.4) is 0 Å². The lowest BCUT2D eigenvalue weighted by atomic mass is 9.74. The maximum atomic E-state index is 11.6. The molecule has 1 aliphatic carbocycles. The van der Waals surface area contributed by atoms with E-state index in [1.807, 2.05) is 19.1 Å². The number of hydrogen-bond donors (Lipinski definition) is 0. The normalized spacial score (nSPS) is 21.2. The predicted octanol–water partition coefficient (Wildman–Crippen LogP) is 3.92. The summed E-state index contributed by atoms with van der Waals surface area (Å²) in [4.78, 5) is 21.1. The largest absolute Gasteiger partial charge is 0.496 e. The molecule has 1 aliphatic heterocycles. The molecular formula is C25H30N2O6. The number of rotatable bonds is 7. The number of fused-ring (bicyclic) bond motifs is 3. The molecule has 1 aromatic carbocycles. The van der Waals surface area contributed by atoms with Crippen molar-refractivity contribution in [3.05, 3.63) is 41.1 Å². The SMILES string of the molecule is CCOc1cc2c(cc1OC)C(c1cnc(OC)cc1OC)=N[C@@H]1CC[C@@H](OC(C)=O)C[C@H]21. The summed E-state index contributed by atoms with van der Waals surface area (Å²) >= 11 is 0. The number of aliphatic imine (C=N–C) groups is 1. The fourth-order valence-electron chi connectivity index (χ4n) is 4.79. The van der Waals surface area contributed by atoms with Crippen LogP contribution in [0.4, 0.5) is 0 Å². The van der Waals surface area contributed by atoms with E-state index in [0.717, 1.165) is 35.2 Å². The van der Waals surface area contributed by atoms with E-state index in [0.29, 0.717) is 36.2 Å². The zero-order chi connectivity index (χ0) is 23.5. The van der Waals surface area contributed by atoms with Crippen molar-refractivity contribution in [2.75, 3.05) is 27.9 Å². The maximum Gasteiger partial charge on any atom is 0.302 e. The number of pyridine rings is 1. The van der Waals surface area contributed by atoms with E-state index in [1.165, 1.54) is 6.92 Å². The van der Waals surface area contributed by atoms with Crippen LogP contribution >= 0.6 is 0 Å². The Morgan fingerprint density at radius 3 is 2.45 bits per heavy atom. The van der Waals surface area contributed by atoms with Crippen molar-refractivity contribution in [1.82, 2.24) is 4.98 Å². The number of aromatic nitrogens is 1. The van der Waals surface area contributed by atoms with Crippen LogP contribution in [-0.2, 0) is 9.53 Å². The molecular weight excluding hydrogens is 424 g/mol. The molecule has 0 bridgehead atoms. The van der Waals surface area contributed by atoms with Gasteiger partial charge in [0.25, 0.3) is 0 Å². The monoisotopic (exact) mass is 454 g/mol. The molecule has 3 atom stereocenters. The number of nitrogens with zero attached hydrogens (tertiary/aromatic N) is 2. The number of carbonyl (C=O) groups excluding carboxylic acids is 1. The number of esters is 1. The van der Waals surface area contributed by atoms with Gasteiger partial charge in [0.05, 0.1) is 45.3 Å². The number of methoxy groups -OCH3 is 3. The third-order valence-electron chi connectivity index (χ3n) is 6.21. The lowest BCUT2D eigenvalue weighted by molar-refractivity contribution is -0.148. The Morgan fingerprint density at radius 2 is 1.79 bits per heavy atom. The highest BCUT2D eigenvalue weighted by Crippen LogP contribution is 2.46. The van der Waals surface area contributed by atoms with Crippen LogP contribution in [0.2, 0.25) is 0 Å². The van der Waals surface area contributed by atoms with Gasteiger partial charge in [-0.2, -0.15) is 0 Å². The van der Waals surface area contributed by atoms with Gasteiger partial charge in [-0.05, 0) is 43.9 Å². The Bertz CT molecular complexity index is 1070. The molecule has 4 rings (SSSR count). The maximum absolute atomic E-state index is 11.6. The second-order valence-corrected chi connectivity index (χ2v) is 8.15. The topological polar surface area (TPSA) is 88.5 Å². The molecule has 2 aliphatic rings. The van der Waals surface area contributed by atoms with E-state index in [-0.39, 0.29) is 24.0 Å². The van der Waals surface area contributed by atoms with E-state index < -0.39 is 0 Å². The van der Waals surface area contributed by atoms with Crippen LogP contribution in [0.15, 0.2) is 29.4 Å². The van der Waals surface area contributed by atoms with Gasteiger partial charge in [-0.15, -0.1) is 0 Å². The van der Waals surface area contributed by atoms with Crippen LogP contribution < -0.4 is 18.9 Å². The van der Waals surface area contributed by atoms with Gasteiger partial charge in [0.2, 0.25) is 5.88 Å². The highest BCUT2D eigenvalue weighted by Gasteiger charge is 2.39. The van der Waals surface area contributed by atoms with E-state index in [1.54, 1.807) is 33.6 Å². The first kappa shape index (κ1) is 22.9. The first-order chi connectivity index (χ1) is 16.0. The lowest BCUT2D eigenvalue weighted by Gasteiger charge is -2.38. The highest BCUT2D eigenvalue weighted by molar-refractivity contribution is 6.16. The Kier molecular flexibility index (Phi) is 6.72. The smallest absolute Gasteiger partial charge is 0.302 e. The van der Waals surface area contributed by atoms with Crippen molar-refractivity contribution in [2.45, 2.75) is 51.2 Å². The van der Waals surface area contributed by atoms with Crippen molar-refractivity contribution in [3.8, 4) is 23.1 Å². The van der Waals surface area contributed by atoms with Gasteiger partial charge < -0.3 is 23.7 Å². The number of ether oxygens (including phenoxy) is 5. The molecule has 1 fully saturated rings. The third-order valence-corrected chi connectivity index (χ3v) is 6.21. The first-order valence-corrected chi connectivity index (χ1v) is 11.2. The zero-order valence-corrected chi connectivity index (χ0v) is 19.7. The minimum absolute atomic E-state index is 0.0500. The average molecular weight is 455 g/mol. The molecule has 0 radical (unpaired) electrons. The van der Waals surface area contributed by atoms with Crippen LogP contribution in [-0.4, -0.2) is 56.7 Å². The lowest BCUT2D eigenvalue weighted by Crippen LogP contribution is -2.36. The molecule has 2 heterocycles. The third kappa shape index (κ3) is 4.47. The van der Waals surface area contributed by atoms with Gasteiger partial charge >= 0.3 is 5.97 Å². The van der Waals surface area contributed by atoms with E-state index in [4.69, 9.17) is 28.7 Å². The van der Waals surface area contributed by atoms with Gasteiger partial charge in [-0.25, -0.2) is 4.98 Å². The molecule has 0 saturated heterocycles. The van der Waals surface area contributed by atoms with Crippen molar-refractivity contribution in [1.29, 1.82) is 0 Å². The van der Waals surface area contributed by atoms with Gasteiger partial charge in [0.1, 0.15) is 11.9 Å². The Morgan fingerprint density at radius 1 is 1.00 bits per heavy atom. The quantitative estimate of drug-likeness (QED) is 0.586. The van der Waals surface area contributed by atoms with Gasteiger partial charge in [0.15, 0.2) is 11.5 Å². The van der Waals surface area contributed by atoms with Crippen molar-refractivity contribution >= 4 is 11.7 Å². The summed E-state index contributed by atoms with van der Waals surface area (Å²) in [7, 11) is 4.81. The Hall–Kier alpha value is -3.29. The molecule has 8 nitrogen and oxygen atoms in total. The summed E-state index contributed by atoms with van der Waals surface area (Å²) in [6, 6.07) is 5.82. The van der Waals surface area contributed by atoms with Gasteiger partial charge in [-0.3, -0.25) is 9.79 Å². The van der Waals surface area contributed by atoms with Crippen LogP contribution in [0.5, 0.6) is 23.1 Å². The standard InChI is InChI=1S/C25H30N2O6/c1-6-32-23-10-16-17-9-15(33-14(2)28)7-8-20(17)27-25(18(16)11-22(23)30-4)19-13-26-24(31-5)12-21(19)29-3/h10-13,15,17,20H,6-9H2,1-5H3/t15-,17-,20-/m1/s1. The van der Waals surface area contributed by atoms with E-state index in [2.05, 4.69) is 4.98 Å². The fraction of sp³-hybridized carbons (Fsp3) is 0.480. The van der Waals surface area contributed by atoms with Crippen molar-refractivity contribution in [3.63, 3.8) is 0 Å². The molecule has 1 saturated carbocycles. The molecule has 0 spiro atoms. The first-order valence-electron chi connectivity index (χ1n) is 11.2. The van der Waals surface area contributed by atoms with Gasteiger partial charge in [-0.1, -0.05) is 0 Å². The zero-order valence-electron chi connectivity index (χ0n) is 19.7. The van der Waals surface area contributed by atoms with Crippen LogP contribution in [0, 0.1) is 0 Å². The molecule has 176 valence electrons. The van der Waals surface area contributed by atoms with E-state index in [9.17, 15) is 4.79 Å². The Labute approximate surface area is 193 Å². The summed E-state index contributed by atoms with van der Waals surface area (Å²) in [5.41, 5.74) is 3.62. The van der Waals surface area contributed by atoms with E-state index >= 15 is 0 Å². The highest BCUT2D eigenvalue weighted by atomic mass is 16.5. The number of carbonyl (C=O) groups is 1. The average Bonchev–Trinajstić information content (AvgIpc) is 2.82. The summed E-state index contributed by atoms with van der Waals surface area (Å²) < 4.78 is 28.0.